The fraction of sp³-hybridized carbons (Fsp3) is 0.778. The lowest BCUT2D eigenvalue weighted by Gasteiger charge is -2.24. The number of fused-ring (bicyclic) bond motifs is 2. The first-order valence-corrected chi connectivity index (χ1v) is 4.83. The van der Waals surface area contributed by atoms with Gasteiger partial charge in [0.2, 0.25) is 0 Å². The maximum Gasteiger partial charge on any atom is 0.0177 e. The van der Waals surface area contributed by atoms with Crippen molar-refractivity contribution in [2.24, 2.45) is 5.92 Å². The van der Waals surface area contributed by atoms with E-state index in [0.717, 1.165) is 18.5 Å². The van der Waals surface area contributed by atoms with Gasteiger partial charge in [-0.25, -0.2) is 0 Å². The third-order valence-electron chi connectivity index (χ3n) is 2.95. The van der Waals surface area contributed by atoms with Crippen LogP contribution in [0, 0.1) is 5.92 Å². The Morgan fingerprint density at radius 3 is 2.91 bits per heavy atom. The Morgan fingerprint density at radius 1 is 1.45 bits per heavy atom. The second kappa shape index (κ2) is 3.16. The number of rotatable bonds is 2. The number of hydrogen-bond acceptors (Lipinski definition) is 1. The summed E-state index contributed by atoms with van der Waals surface area (Å²) in [5.74, 6) is 1.00. The second-order valence-corrected chi connectivity index (χ2v) is 3.90. The molecule has 2 rings (SSSR count). The van der Waals surface area contributed by atoms with Gasteiger partial charge in [-0.15, -0.1) is 0 Å². The molecule has 2 fully saturated rings. The molecule has 2 unspecified atom stereocenters. The Balaban J connectivity index is 1.87. The van der Waals surface area contributed by atoms with Crippen LogP contribution in [-0.2, 0) is 0 Å². The van der Waals surface area contributed by atoms with E-state index >= 15 is 0 Å². The summed E-state index contributed by atoms with van der Waals surface area (Å²) in [4.78, 5) is 2.55. The maximum absolute atomic E-state index is 5.47. The molecule has 2 atom stereocenters. The molecular weight excluding hydrogens is 158 g/mol. The molecule has 2 aliphatic rings. The number of piperidine rings is 1. The molecule has 0 N–H and O–H groups in total. The van der Waals surface area contributed by atoms with Crippen molar-refractivity contribution < 1.29 is 0 Å². The number of nitrogens with zero attached hydrogens (tertiary/aromatic N) is 1. The molecule has 2 bridgehead atoms. The molecule has 2 heteroatoms. The van der Waals surface area contributed by atoms with Crippen molar-refractivity contribution in [1.82, 2.24) is 4.90 Å². The zero-order valence-corrected chi connectivity index (χ0v) is 7.43. The highest BCUT2D eigenvalue weighted by Gasteiger charge is 2.36. The van der Waals surface area contributed by atoms with Gasteiger partial charge in [-0.1, -0.05) is 17.7 Å². The highest BCUT2D eigenvalue weighted by atomic mass is 35.5. The Bertz CT molecular complexity index is 167. The van der Waals surface area contributed by atoms with E-state index < -0.39 is 0 Å². The summed E-state index contributed by atoms with van der Waals surface area (Å²) < 4.78 is 0. The first-order chi connectivity index (χ1) is 5.40. The zero-order chi connectivity index (χ0) is 7.68. The molecule has 1 saturated carbocycles. The molecule has 1 saturated heterocycles. The predicted octanol–water partition coefficient (Wildman–Crippen LogP) is 2.22. The van der Waals surface area contributed by atoms with Crippen LogP contribution in [0.1, 0.15) is 19.3 Å². The van der Waals surface area contributed by atoms with Gasteiger partial charge in [0, 0.05) is 24.7 Å². The highest BCUT2D eigenvalue weighted by molar-refractivity contribution is 6.25. The molecule has 1 heterocycles. The van der Waals surface area contributed by atoms with Crippen molar-refractivity contribution in [2.45, 2.75) is 25.3 Å². The first-order valence-electron chi connectivity index (χ1n) is 4.39. The Kier molecular flexibility index (Phi) is 2.19. The van der Waals surface area contributed by atoms with E-state index in [1.54, 1.807) is 5.54 Å². The zero-order valence-electron chi connectivity index (χ0n) is 6.67. The first kappa shape index (κ1) is 7.63. The van der Waals surface area contributed by atoms with Gasteiger partial charge in [-0.05, 0) is 25.2 Å². The molecule has 0 spiro atoms. The van der Waals surface area contributed by atoms with Gasteiger partial charge in [0.1, 0.15) is 0 Å². The van der Waals surface area contributed by atoms with Gasteiger partial charge in [0.15, 0.2) is 0 Å². The number of halogens is 1. The molecule has 1 aliphatic heterocycles. The van der Waals surface area contributed by atoms with Crippen LogP contribution in [0.25, 0.3) is 0 Å². The van der Waals surface area contributed by atoms with E-state index in [4.69, 9.17) is 11.6 Å². The quantitative estimate of drug-likeness (QED) is 0.616. The third-order valence-corrected chi connectivity index (χ3v) is 3.13. The molecule has 0 aromatic rings. The summed E-state index contributed by atoms with van der Waals surface area (Å²) in [5, 5.41) is 0. The predicted molar refractivity (Wildman–Crippen MR) is 47.7 cm³/mol. The van der Waals surface area contributed by atoms with Crippen LogP contribution in [-0.4, -0.2) is 24.0 Å². The van der Waals surface area contributed by atoms with Gasteiger partial charge in [-0.2, -0.15) is 0 Å². The van der Waals surface area contributed by atoms with Crippen LogP contribution in [0.5, 0.6) is 0 Å². The minimum atomic E-state index is 0.882. The lowest BCUT2D eigenvalue weighted by Crippen LogP contribution is -2.31. The van der Waals surface area contributed by atoms with E-state index in [1.807, 2.05) is 6.08 Å². The highest BCUT2D eigenvalue weighted by Crippen LogP contribution is 2.36. The van der Waals surface area contributed by atoms with Gasteiger partial charge in [0.05, 0.1) is 0 Å². The molecule has 62 valence electrons. The van der Waals surface area contributed by atoms with Crippen LogP contribution < -0.4 is 0 Å². The van der Waals surface area contributed by atoms with Crippen LogP contribution >= 0.6 is 11.6 Å². The monoisotopic (exact) mass is 171 g/mol. The van der Waals surface area contributed by atoms with Crippen molar-refractivity contribution in [3.05, 3.63) is 11.6 Å². The standard InChI is InChI=1S/C9H14ClN/c10-4-1-5-11-7-8-2-3-9(11)6-8/h1,4,8-9H,2-3,5-7H2/b4-1+. The lowest BCUT2D eigenvalue weighted by molar-refractivity contribution is 0.236. The summed E-state index contributed by atoms with van der Waals surface area (Å²) >= 11 is 5.47. The third kappa shape index (κ3) is 1.45. The summed E-state index contributed by atoms with van der Waals surface area (Å²) in [6.45, 7) is 2.37. The molecule has 0 radical (unpaired) electrons. The lowest BCUT2D eigenvalue weighted by atomic mass is 10.1. The molecule has 0 aromatic heterocycles. The van der Waals surface area contributed by atoms with Gasteiger partial charge in [0.25, 0.3) is 0 Å². The Hall–Kier alpha value is -0.0100. The molecule has 0 aromatic carbocycles. The summed E-state index contributed by atoms with van der Waals surface area (Å²) in [7, 11) is 0. The van der Waals surface area contributed by atoms with Gasteiger partial charge < -0.3 is 0 Å². The van der Waals surface area contributed by atoms with Crippen LogP contribution in [0.2, 0.25) is 0 Å². The van der Waals surface area contributed by atoms with E-state index in [0.29, 0.717) is 0 Å². The fourth-order valence-corrected chi connectivity index (χ4v) is 2.51. The topological polar surface area (TPSA) is 3.24 Å². The van der Waals surface area contributed by atoms with E-state index in [2.05, 4.69) is 4.90 Å². The van der Waals surface area contributed by atoms with Crippen LogP contribution in [0.4, 0.5) is 0 Å². The number of hydrogen-bond donors (Lipinski definition) is 0. The van der Waals surface area contributed by atoms with Gasteiger partial charge >= 0.3 is 0 Å². The summed E-state index contributed by atoms with van der Waals surface area (Å²) in [5.41, 5.74) is 1.63. The maximum atomic E-state index is 5.47. The number of likely N-dealkylation sites (tertiary alicyclic amines) is 1. The smallest absolute Gasteiger partial charge is 0.0177 e. The van der Waals surface area contributed by atoms with E-state index in [1.165, 1.54) is 25.8 Å². The molecule has 0 amide bonds. The van der Waals surface area contributed by atoms with Crippen LogP contribution in [0.15, 0.2) is 11.6 Å². The molecule has 1 aliphatic carbocycles. The summed E-state index contributed by atoms with van der Waals surface area (Å²) in [6.07, 6.45) is 6.37. The van der Waals surface area contributed by atoms with Crippen molar-refractivity contribution >= 4 is 11.6 Å². The fourth-order valence-electron chi connectivity index (χ4n) is 2.43. The average Bonchev–Trinajstić information content (AvgIpc) is 2.60. The van der Waals surface area contributed by atoms with Crippen molar-refractivity contribution in [3.8, 4) is 0 Å². The molecule has 11 heavy (non-hydrogen) atoms. The minimum Gasteiger partial charge on any atom is -0.296 e. The Morgan fingerprint density at radius 2 is 2.36 bits per heavy atom. The average molecular weight is 172 g/mol. The van der Waals surface area contributed by atoms with Gasteiger partial charge in [-0.3, -0.25) is 4.90 Å². The SMILES string of the molecule is Cl/C=C/CN1CC2CCC1C2. The largest absolute Gasteiger partial charge is 0.296 e. The minimum absolute atomic E-state index is 0.882. The Labute approximate surface area is 73.0 Å². The van der Waals surface area contributed by atoms with Crippen LogP contribution in [0.3, 0.4) is 0 Å². The summed E-state index contributed by atoms with van der Waals surface area (Å²) in [6, 6.07) is 0.882. The molecule has 1 nitrogen and oxygen atoms in total. The second-order valence-electron chi connectivity index (χ2n) is 3.65. The van der Waals surface area contributed by atoms with E-state index in [-0.39, 0.29) is 0 Å². The molecular formula is C9H14ClN. The van der Waals surface area contributed by atoms with Crippen molar-refractivity contribution in [2.75, 3.05) is 13.1 Å². The van der Waals surface area contributed by atoms with E-state index in [9.17, 15) is 0 Å². The van der Waals surface area contributed by atoms with Crippen molar-refractivity contribution in [3.63, 3.8) is 0 Å². The van der Waals surface area contributed by atoms with Crippen molar-refractivity contribution in [1.29, 1.82) is 0 Å². The normalized spacial score (nSPS) is 37.5.